The summed E-state index contributed by atoms with van der Waals surface area (Å²) in [6.45, 7) is 9.17. The second-order valence-corrected chi connectivity index (χ2v) is 13.5. The first kappa shape index (κ1) is 33.4. The van der Waals surface area contributed by atoms with E-state index in [1.807, 2.05) is 31.7 Å². The number of pyridine rings is 2. The van der Waals surface area contributed by atoms with Crippen molar-refractivity contribution in [2.75, 3.05) is 27.5 Å². The van der Waals surface area contributed by atoms with E-state index in [1.54, 1.807) is 44.2 Å². The van der Waals surface area contributed by atoms with Gasteiger partial charge in [0.1, 0.15) is 0 Å². The lowest BCUT2D eigenvalue weighted by molar-refractivity contribution is -0.122. The average Bonchev–Trinajstić information content (AvgIpc) is 3.85. The molecule has 0 saturated heterocycles. The maximum atomic E-state index is 14.9. The molecule has 0 unspecified atom stereocenters. The first-order valence-electron chi connectivity index (χ1n) is 15.9. The molecule has 3 aliphatic rings. The maximum absolute atomic E-state index is 14.9. The van der Waals surface area contributed by atoms with Crippen LogP contribution in [0, 0.1) is 18.6 Å². The minimum Gasteiger partial charge on any atom is -0.322 e. The van der Waals surface area contributed by atoms with Crippen LogP contribution in [0.15, 0.2) is 67.1 Å². The van der Waals surface area contributed by atoms with Gasteiger partial charge in [0.05, 0.1) is 45.2 Å². The summed E-state index contributed by atoms with van der Waals surface area (Å²) in [7, 11) is 1.54. The molecule has 49 heavy (non-hydrogen) atoms. The predicted molar refractivity (Wildman–Crippen MR) is 182 cm³/mol. The van der Waals surface area contributed by atoms with Crippen LogP contribution >= 0.6 is 0 Å². The molecule has 7 rings (SSSR count). The molecule has 4 heterocycles. The van der Waals surface area contributed by atoms with E-state index in [0.717, 1.165) is 36.0 Å². The Morgan fingerprint density at radius 2 is 1.55 bits per heavy atom. The summed E-state index contributed by atoms with van der Waals surface area (Å²) in [5.41, 5.74) is 2.91. The Morgan fingerprint density at radius 1 is 0.857 bits per heavy atom. The minimum atomic E-state index is -0.783. The van der Waals surface area contributed by atoms with Gasteiger partial charge in [-0.3, -0.25) is 29.1 Å². The Balaban J connectivity index is 0.000000170. The number of hydrogen-bond donors (Lipinski definition) is 2. The largest absolute Gasteiger partial charge is 0.322 e. The van der Waals surface area contributed by atoms with E-state index < -0.39 is 34.3 Å². The lowest BCUT2D eigenvalue weighted by atomic mass is 9.86. The number of aromatic nitrogens is 2. The number of carbonyl (C=O) groups excluding carboxylic acids is 4. The zero-order valence-electron chi connectivity index (χ0n) is 28.0. The molecule has 1 saturated carbocycles. The molecule has 1 fully saturated rings. The van der Waals surface area contributed by atoms with Crippen LogP contribution in [0.5, 0.6) is 0 Å². The summed E-state index contributed by atoms with van der Waals surface area (Å²) in [5.74, 6) is -2.36. The van der Waals surface area contributed by atoms with E-state index in [1.165, 1.54) is 36.5 Å². The Kier molecular flexibility index (Phi) is 8.30. The summed E-state index contributed by atoms with van der Waals surface area (Å²) in [6, 6.07) is 13.5. The van der Waals surface area contributed by atoms with Gasteiger partial charge in [0, 0.05) is 36.9 Å². The van der Waals surface area contributed by atoms with Gasteiger partial charge in [-0.05, 0) is 95.0 Å². The van der Waals surface area contributed by atoms with E-state index in [2.05, 4.69) is 20.6 Å². The molecule has 2 aliphatic heterocycles. The number of halogens is 2. The Morgan fingerprint density at radius 3 is 2.20 bits per heavy atom. The highest BCUT2D eigenvalue weighted by atomic mass is 19.1. The van der Waals surface area contributed by atoms with E-state index in [4.69, 9.17) is 0 Å². The SMILES string of the molecule is CC1(C)C(=O)N(C2CC2)c2cc(NC(=O)c3ccncc3F)ccc21.Cc1ccc(C(=O)Nc2ccc3c(c2F)N(C)C(=O)C3(C)C)cn1. The molecule has 0 spiro atoms. The van der Waals surface area contributed by atoms with Crippen LogP contribution in [-0.2, 0) is 20.4 Å². The van der Waals surface area contributed by atoms with E-state index in [-0.39, 0.29) is 34.8 Å². The number of carbonyl (C=O) groups is 4. The number of benzene rings is 2. The molecular weight excluding hydrogens is 630 g/mol. The summed E-state index contributed by atoms with van der Waals surface area (Å²) in [6.07, 6.45) is 5.82. The number of rotatable bonds is 5. The van der Waals surface area contributed by atoms with Crippen molar-refractivity contribution >= 4 is 46.4 Å². The maximum Gasteiger partial charge on any atom is 0.258 e. The number of amides is 4. The standard InChI is InChI=1S/C19H18FN3O2.C18H18FN3O2/c1-19(2)14-6-3-11(9-16(14)23(18(19)25)12-4-5-12)22-17(24)13-7-8-21-10-15(13)20;1-10-5-6-11(9-20-10)16(23)21-13-8-7-12-15(14(13)19)22(4)17(24)18(12,2)3/h3,6-10,12H,4-5H2,1-2H3,(H,22,24);5-9H,1-4H3,(H,21,23). The molecule has 0 radical (unpaired) electrons. The predicted octanol–water partition coefficient (Wildman–Crippen LogP) is 6.30. The number of likely N-dealkylation sites (N-methyl/N-ethyl adjacent to an activating group) is 1. The topological polar surface area (TPSA) is 125 Å². The highest BCUT2D eigenvalue weighted by Crippen LogP contribution is 2.48. The zero-order chi connectivity index (χ0) is 35.4. The van der Waals surface area contributed by atoms with Gasteiger partial charge >= 0.3 is 0 Å². The first-order chi connectivity index (χ1) is 23.1. The van der Waals surface area contributed by atoms with E-state index in [0.29, 0.717) is 16.8 Å². The van der Waals surface area contributed by atoms with Gasteiger partial charge in [0.2, 0.25) is 11.8 Å². The van der Waals surface area contributed by atoms with Gasteiger partial charge < -0.3 is 20.4 Å². The quantitative estimate of drug-likeness (QED) is 0.258. The minimum absolute atomic E-state index is 0.0386. The van der Waals surface area contributed by atoms with Crippen LogP contribution in [0.4, 0.5) is 31.5 Å². The molecule has 4 amide bonds. The molecule has 10 nitrogen and oxygen atoms in total. The number of aryl methyl sites for hydroxylation is 1. The first-order valence-corrected chi connectivity index (χ1v) is 15.9. The number of hydrogen-bond acceptors (Lipinski definition) is 6. The average molecular weight is 667 g/mol. The lowest BCUT2D eigenvalue weighted by Crippen LogP contribution is -2.37. The van der Waals surface area contributed by atoms with Gasteiger partial charge in [-0.25, -0.2) is 8.78 Å². The van der Waals surface area contributed by atoms with E-state index in [9.17, 15) is 28.0 Å². The highest BCUT2D eigenvalue weighted by Gasteiger charge is 2.49. The molecular formula is C37H36F2N6O4. The molecule has 4 aromatic rings. The van der Waals surface area contributed by atoms with E-state index >= 15 is 0 Å². The zero-order valence-corrected chi connectivity index (χ0v) is 28.0. The normalized spacial score (nSPS) is 16.8. The summed E-state index contributed by atoms with van der Waals surface area (Å²) < 4.78 is 28.6. The summed E-state index contributed by atoms with van der Waals surface area (Å²) >= 11 is 0. The Bertz CT molecular complexity index is 2020. The lowest BCUT2D eigenvalue weighted by Gasteiger charge is -2.19. The number of nitrogens with one attached hydrogen (secondary N) is 2. The highest BCUT2D eigenvalue weighted by molar-refractivity contribution is 6.11. The van der Waals surface area contributed by atoms with Crippen molar-refractivity contribution in [3.8, 4) is 0 Å². The van der Waals surface area contributed by atoms with Gasteiger partial charge in [-0.1, -0.05) is 12.1 Å². The molecule has 2 aromatic heterocycles. The smallest absolute Gasteiger partial charge is 0.258 e. The summed E-state index contributed by atoms with van der Waals surface area (Å²) in [4.78, 5) is 60.4. The third kappa shape index (κ3) is 5.92. The van der Waals surface area contributed by atoms with Crippen molar-refractivity contribution < 1.29 is 28.0 Å². The second-order valence-electron chi connectivity index (χ2n) is 13.5. The fraction of sp³-hybridized carbons (Fsp3) is 0.297. The van der Waals surface area contributed by atoms with Crippen LogP contribution in [0.3, 0.4) is 0 Å². The van der Waals surface area contributed by atoms with Gasteiger partial charge in [0.15, 0.2) is 11.6 Å². The van der Waals surface area contributed by atoms with Crippen LogP contribution in [0.1, 0.15) is 78.1 Å². The third-order valence-corrected chi connectivity index (χ3v) is 9.26. The van der Waals surface area contributed by atoms with Crippen molar-refractivity contribution in [1.82, 2.24) is 9.97 Å². The van der Waals surface area contributed by atoms with Crippen molar-refractivity contribution in [3.05, 3.63) is 107 Å². The number of anilines is 4. The van der Waals surface area contributed by atoms with Gasteiger partial charge in [-0.15, -0.1) is 0 Å². The fourth-order valence-electron chi connectivity index (χ4n) is 6.24. The van der Waals surface area contributed by atoms with Gasteiger partial charge in [-0.2, -0.15) is 0 Å². The monoisotopic (exact) mass is 666 g/mol. The molecule has 252 valence electrons. The third-order valence-electron chi connectivity index (χ3n) is 9.26. The van der Waals surface area contributed by atoms with Crippen molar-refractivity contribution in [2.24, 2.45) is 0 Å². The van der Waals surface area contributed by atoms with Crippen LogP contribution in [-0.4, -0.2) is 46.7 Å². The van der Waals surface area contributed by atoms with Crippen LogP contribution in [0.25, 0.3) is 0 Å². The van der Waals surface area contributed by atoms with Crippen molar-refractivity contribution in [3.63, 3.8) is 0 Å². The number of nitrogens with zero attached hydrogens (tertiary/aromatic N) is 4. The fourth-order valence-corrected chi connectivity index (χ4v) is 6.24. The van der Waals surface area contributed by atoms with Crippen molar-refractivity contribution in [2.45, 2.75) is 64.3 Å². The second kappa shape index (κ2) is 12.2. The number of fused-ring (bicyclic) bond motifs is 2. The van der Waals surface area contributed by atoms with Gasteiger partial charge in [0.25, 0.3) is 11.8 Å². The molecule has 0 bridgehead atoms. The molecule has 2 aromatic carbocycles. The van der Waals surface area contributed by atoms with Crippen LogP contribution in [0.2, 0.25) is 0 Å². The molecule has 2 N–H and O–H groups in total. The molecule has 0 atom stereocenters. The summed E-state index contributed by atoms with van der Waals surface area (Å²) in [5, 5.41) is 5.25. The van der Waals surface area contributed by atoms with Crippen molar-refractivity contribution in [1.29, 1.82) is 0 Å². The molecule has 12 heteroatoms. The molecule has 1 aliphatic carbocycles. The Hall–Kier alpha value is -5.52. The van der Waals surface area contributed by atoms with Crippen LogP contribution < -0.4 is 20.4 Å². The Labute approximate surface area is 282 Å².